The highest BCUT2D eigenvalue weighted by Crippen LogP contribution is 2.26. The molecule has 0 spiro atoms. The number of hydrogen-bond donors (Lipinski definition) is 2. The van der Waals surface area contributed by atoms with Gasteiger partial charge in [0.05, 0.1) is 19.2 Å². The van der Waals surface area contributed by atoms with Gasteiger partial charge in [-0.15, -0.1) is 0 Å². The summed E-state index contributed by atoms with van der Waals surface area (Å²) in [6, 6.07) is 0. The van der Waals surface area contributed by atoms with E-state index < -0.39 is 17.7 Å². The van der Waals surface area contributed by atoms with Crippen LogP contribution in [0.3, 0.4) is 0 Å². The van der Waals surface area contributed by atoms with Crippen LogP contribution in [-0.4, -0.2) is 29.8 Å². The number of nitrogen functional groups attached to an aromatic ring is 1. The van der Waals surface area contributed by atoms with Gasteiger partial charge in [-0.1, -0.05) is 11.3 Å². The predicted octanol–water partition coefficient (Wildman–Crippen LogP) is 1.79. The number of nitrogens with one attached hydrogen (secondary N) is 1. The van der Waals surface area contributed by atoms with Crippen molar-refractivity contribution in [1.82, 2.24) is 4.98 Å². The summed E-state index contributed by atoms with van der Waals surface area (Å²) < 4.78 is 9.60. The summed E-state index contributed by atoms with van der Waals surface area (Å²) in [6.45, 7) is 5.27. The van der Waals surface area contributed by atoms with Crippen molar-refractivity contribution >= 4 is 33.5 Å². The molecule has 0 bridgehead atoms. The van der Waals surface area contributed by atoms with Crippen LogP contribution in [0.2, 0.25) is 0 Å². The van der Waals surface area contributed by atoms with Gasteiger partial charge in [-0.25, -0.2) is 9.78 Å². The highest BCUT2D eigenvalue weighted by atomic mass is 32.1. The van der Waals surface area contributed by atoms with E-state index >= 15 is 0 Å². The van der Waals surface area contributed by atoms with Crippen molar-refractivity contribution in [3.05, 3.63) is 5.69 Å². The second kappa shape index (κ2) is 5.87. The van der Waals surface area contributed by atoms with Gasteiger partial charge in [0.15, 0.2) is 5.13 Å². The summed E-state index contributed by atoms with van der Waals surface area (Å²) in [5.41, 5.74) is 5.49. The summed E-state index contributed by atoms with van der Waals surface area (Å²) in [7, 11) is 1.28. The Morgan fingerprint density at radius 2 is 2.05 bits per heavy atom. The standard InChI is InChI=1S/C11H17N3O4S/c1-11(2,3)18-10(16)14-9-13-6(8(12)19-9)5-7(15)17-4/h5,12H2,1-4H3,(H,13,14,16). The molecule has 0 aliphatic heterocycles. The van der Waals surface area contributed by atoms with Crippen molar-refractivity contribution in [3.8, 4) is 0 Å². The van der Waals surface area contributed by atoms with E-state index in [4.69, 9.17) is 10.5 Å². The molecule has 0 aliphatic rings. The molecular formula is C11H17N3O4S. The molecule has 0 radical (unpaired) electrons. The first-order valence-corrected chi connectivity index (χ1v) is 6.35. The predicted molar refractivity (Wildman–Crippen MR) is 72.1 cm³/mol. The van der Waals surface area contributed by atoms with Crippen LogP contribution < -0.4 is 11.1 Å². The Morgan fingerprint density at radius 1 is 1.42 bits per heavy atom. The molecule has 0 aliphatic carbocycles. The lowest BCUT2D eigenvalue weighted by Crippen LogP contribution is -2.27. The van der Waals surface area contributed by atoms with Crippen LogP contribution >= 0.6 is 11.3 Å². The fourth-order valence-corrected chi connectivity index (χ4v) is 1.88. The molecule has 0 saturated heterocycles. The second-order valence-electron chi connectivity index (χ2n) is 4.71. The molecular weight excluding hydrogens is 270 g/mol. The van der Waals surface area contributed by atoms with Crippen LogP contribution in [0, 0.1) is 0 Å². The molecule has 3 N–H and O–H groups in total. The quantitative estimate of drug-likeness (QED) is 0.821. The van der Waals surface area contributed by atoms with Gasteiger partial charge < -0.3 is 15.2 Å². The van der Waals surface area contributed by atoms with E-state index in [0.717, 1.165) is 11.3 Å². The number of methoxy groups -OCH3 is 1. The average Bonchev–Trinajstić information content (AvgIpc) is 2.55. The summed E-state index contributed by atoms with van der Waals surface area (Å²) in [5.74, 6) is -0.444. The van der Waals surface area contributed by atoms with Gasteiger partial charge in [-0.2, -0.15) is 0 Å². The Kier molecular flexibility index (Phi) is 4.71. The smallest absolute Gasteiger partial charge is 0.413 e. The maximum atomic E-state index is 11.5. The number of carbonyl (C=O) groups excluding carboxylic acids is 2. The first kappa shape index (κ1) is 15.2. The molecule has 8 heteroatoms. The third kappa shape index (κ3) is 5.12. The van der Waals surface area contributed by atoms with Crippen LogP contribution in [0.4, 0.5) is 14.9 Å². The van der Waals surface area contributed by atoms with Gasteiger partial charge in [-0.3, -0.25) is 10.1 Å². The van der Waals surface area contributed by atoms with E-state index in [9.17, 15) is 9.59 Å². The van der Waals surface area contributed by atoms with Crippen molar-refractivity contribution in [2.45, 2.75) is 32.8 Å². The van der Waals surface area contributed by atoms with Gasteiger partial charge >= 0.3 is 12.1 Å². The monoisotopic (exact) mass is 287 g/mol. The van der Waals surface area contributed by atoms with E-state index in [1.807, 2.05) is 0 Å². The van der Waals surface area contributed by atoms with Crippen LogP contribution in [0.5, 0.6) is 0 Å². The molecule has 106 valence electrons. The van der Waals surface area contributed by atoms with Crippen LogP contribution in [0.1, 0.15) is 26.5 Å². The van der Waals surface area contributed by atoms with Crippen molar-refractivity contribution in [2.24, 2.45) is 0 Å². The lowest BCUT2D eigenvalue weighted by atomic mass is 10.2. The van der Waals surface area contributed by atoms with Gasteiger partial charge in [0, 0.05) is 0 Å². The molecule has 0 aromatic carbocycles. The first-order chi connectivity index (χ1) is 8.71. The number of nitrogens with zero attached hydrogens (tertiary/aromatic N) is 1. The Morgan fingerprint density at radius 3 is 2.58 bits per heavy atom. The summed E-state index contributed by atoms with van der Waals surface area (Å²) in [6.07, 6.45) is -0.652. The van der Waals surface area contributed by atoms with Crippen molar-refractivity contribution in [1.29, 1.82) is 0 Å². The Labute approximate surface area is 115 Å². The normalized spacial score (nSPS) is 10.9. The third-order valence-corrected chi connectivity index (χ3v) is 2.72. The molecule has 1 aromatic rings. The fourth-order valence-electron chi connectivity index (χ4n) is 1.14. The topological polar surface area (TPSA) is 104 Å². The van der Waals surface area contributed by atoms with Crippen LogP contribution in [0.15, 0.2) is 0 Å². The minimum absolute atomic E-state index is 0.0329. The molecule has 1 aromatic heterocycles. The number of aromatic nitrogens is 1. The summed E-state index contributed by atoms with van der Waals surface area (Å²) >= 11 is 1.07. The minimum atomic E-state index is -0.620. The van der Waals surface area contributed by atoms with Crippen molar-refractivity contribution < 1.29 is 19.1 Å². The molecule has 0 atom stereocenters. The van der Waals surface area contributed by atoms with Gasteiger partial charge in [0.2, 0.25) is 0 Å². The molecule has 0 saturated carbocycles. The zero-order valence-electron chi connectivity index (χ0n) is 11.3. The van der Waals surface area contributed by atoms with Gasteiger partial charge in [-0.05, 0) is 20.8 Å². The van der Waals surface area contributed by atoms with E-state index in [2.05, 4.69) is 15.0 Å². The number of hydrogen-bond acceptors (Lipinski definition) is 7. The Bertz CT molecular complexity index is 479. The highest BCUT2D eigenvalue weighted by Gasteiger charge is 2.19. The summed E-state index contributed by atoms with van der Waals surface area (Å²) in [4.78, 5) is 26.7. The molecule has 1 amide bonds. The van der Waals surface area contributed by atoms with E-state index in [1.165, 1.54) is 7.11 Å². The first-order valence-electron chi connectivity index (χ1n) is 5.53. The lowest BCUT2D eigenvalue weighted by molar-refractivity contribution is -0.139. The molecule has 19 heavy (non-hydrogen) atoms. The number of carbonyl (C=O) groups is 2. The molecule has 7 nitrogen and oxygen atoms in total. The number of esters is 1. The third-order valence-electron chi connectivity index (χ3n) is 1.87. The molecule has 0 fully saturated rings. The zero-order valence-corrected chi connectivity index (χ0v) is 12.1. The average molecular weight is 287 g/mol. The number of anilines is 2. The summed E-state index contributed by atoms with van der Waals surface area (Å²) in [5, 5.41) is 3.11. The van der Waals surface area contributed by atoms with Gasteiger partial charge in [0.1, 0.15) is 10.6 Å². The Balaban J connectivity index is 2.68. The molecule has 1 rings (SSSR count). The lowest BCUT2D eigenvalue weighted by Gasteiger charge is -2.18. The molecule has 1 heterocycles. The molecule has 0 unspecified atom stereocenters. The SMILES string of the molecule is COC(=O)Cc1nc(NC(=O)OC(C)(C)C)sc1N. The maximum Gasteiger partial charge on any atom is 0.413 e. The second-order valence-corrected chi connectivity index (χ2v) is 5.74. The number of ether oxygens (including phenoxy) is 2. The largest absolute Gasteiger partial charge is 0.469 e. The fraction of sp³-hybridized carbons (Fsp3) is 0.545. The number of amides is 1. The van der Waals surface area contributed by atoms with Crippen LogP contribution in [-0.2, 0) is 20.7 Å². The zero-order chi connectivity index (χ0) is 14.6. The van der Waals surface area contributed by atoms with Crippen molar-refractivity contribution in [3.63, 3.8) is 0 Å². The van der Waals surface area contributed by atoms with E-state index in [1.54, 1.807) is 20.8 Å². The Hall–Kier alpha value is -1.83. The highest BCUT2D eigenvalue weighted by molar-refractivity contribution is 7.19. The number of rotatable bonds is 3. The number of thiazole rings is 1. The minimum Gasteiger partial charge on any atom is -0.469 e. The maximum absolute atomic E-state index is 11.5. The van der Waals surface area contributed by atoms with E-state index in [-0.39, 0.29) is 11.6 Å². The van der Waals surface area contributed by atoms with E-state index in [0.29, 0.717) is 10.7 Å². The van der Waals surface area contributed by atoms with Gasteiger partial charge in [0.25, 0.3) is 0 Å². The van der Waals surface area contributed by atoms with Crippen molar-refractivity contribution in [2.75, 3.05) is 18.2 Å². The van der Waals surface area contributed by atoms with Crippen LogP contribution in [0.25, 0.3) is 0 Å². The number of nitrogens with two attached hydrogens (primary N) is 1.